The van der Waals surface area contributed by atoms with Crippen LogP contribution in [-0.4, -0.2) is 66.2 Å². The van der Waals surface area contributed by atoms with Crippen LogP contribution in [0.2, 0.25) is 0 Å². The minimum atomic E-state index is -1.07. The Morgan fingerprint density at radius 2 is 1.56 bits per heavy atom. The van der Waals surface area contributed by atoms with Gasteiger partial charge in [-0.2, -0.15) is 0 Å². The van der Waals surface area contributed by atoms with Crippen molar-refractivity contribution in [2.45, 2.75) is 102 Å². The van der Waals surface area contributed by atoms with Gasteiger partial charge in [-0.1, -0.05) is 55.3 Å². The van der Waals surface area contributed by atoms with Crippen molar-refractivity contribution in [2.24, 2.45) is 11.8 Å². The number of alkyl carbamates (subject to hydrolysis) is 1. The van der Waals surface area contributed by atoms with Crippen LogP contribution < -0.4 is 21.3 Å². The number of benzene rings is 2. The van der Waals surface area contributed by atoms with Crippen molar-refractivity contribution < 1.29 is 33.4 Å². The maximum Gasteiger partial charge on any atom is 0.408 e. The molecule has 0 bridgehead atoms. The van der Waals surface area contributed by atoms with Crippen molar-refractivity contribution in [1.82, 2.24) is 21.3 Å². The minimum absolute atomic E-state index is 0.0711. The molecule has 1 aliphatic carbocycles. The van der Waals surface area contributed by atoms with E-state index in [1.54, 1.807) is 20.8 Å². The lowest BCUT2D eigenvalue weighted by Gasteiger charge is -2.27. The summed E-state index contributed by atoms with van der Waals surface area (Å²) >= 11 is 0. The molecule has 11 nitrogen and oxygen atoms in total. The largest absolute Gasteiger partial charge is 0.467 e. The fourth-order valence-corrected chi connectivity index (χ4v) is 5.84. The number of carbonyl (C=O) groups excluding carboxylic acids is 5. The second-order valence-corrected chi connectivity index (χ2v) is 13.9. The Balaban J connectivity index is 1.54. The van der Waals surface area contributed by atoms with Gasteiger partial charge in [-0.25, -0.2) is 9.59 Å². The summed E-state index contributed by atoms with van der Waals surface area (Å²) in [5, 5.41) is 13.1. The Morgan fingerprint density at radius 1 is 0.911 bits per heavy atom. The van der Waals surface area contributed by atoms with Crippen molar-refractivity contribution in [3.05, 3.63) is 48.0 Å². The standard InChI is InChI=1S/C34H46N4O7/c1-33(2,3)45-32(43)37-26(17-22-12-9-11-21-10-7-8-13-24(21)22)30(41)35-25(16-20-14-15-20)29(40)36-27(31(42)44-6)18-23-19-34(4,5)38-28(23)39/h7-13,20,23,25-27H,14-19H2,1-6H3,(H,35,41)(H,36,40)(H,37,43)(H,38,39)/t23-,25+,26+,27+/m1/s1. The number of hydrogen-bond acceptors (Lipinski definition) is 7. The highest BCUT2D eigenvalue weighted by Crippen LogP contribution is 2.34. The molecule has 4 amide bonds. The Labute approximate surface area is 264 Å². The van der Waals surface area contributed by atoms with Crippen LogP contribution >= 0.6 is 0 Å². The number of nitrogens with one attached hydrogen (secondary N) is 4. The zero-order valence-corrected chi connectivity index (χ0v) is 27.0. The van der Waals surface area contributed by atoms with Crippen molar-refractivity contribution in [1.29, 1.82) is 0 Å². The predicted octanol–water partition coefficient (Wildman–Crippen LogP) is 3.52. The number of fused-ring (bicyclic) bond motifs is 1. The van der Waals surface area contributed by atoms with Crippen LogP contribution in [-0.2, 0) is 35.1 Å². The summed E-state index contributed by atoms with van der Waals surface area (Å²) in [5.41, 5.74) is -0.362. The van der Waals surface area contributed by atoms with Gasteiger partial charge in [0.2, 0.25) is 17.7 Å². The van der Waals surface area contributed by atoms with Crippen molar-refractivity contribution in [2.75, 3.05) is 7.11 Å². The van der Waals surface area contributed by atoms with E-state index in [1.807, 2.05) is 56.3 Å². The van der Waals surface area contributed by atoms with E-state index in [9.17, 15) is 24.0 Å². The lowest BCUT2D eigenvalue weighted by atomic mass is 9.91. The highest BCUT2D eigenvalue weighted by Gasteiger charge is 2.41. The summed E-state index contributed by atoms with van der Waals surface area (Å²) in [7, 11) is 1.23. The van der Waals surface area contributed by atoms with Gasteiger partial charge in [-0.3, -0.25) is 14.4 Å². The highest BCUT2D eigenvalue weighted by atomic mass is 16.6. The fraction of sp³-hybridized carbons (Fsp3) is 0.559. The normalized spacial score (nSPS) is 19.5. The maximum atomic E-state index is 13.9. The average Bonchev–Trinajstić information content (AvgIpc) is 3.73. The Hall–Kier alpha value is -4.15. The third kappa shape index (κ3) is 9.67. The molecule has 0 aromatic heterocycles. The molecule has 2 aromatic carbocycles. The molecule has 0 unspecified atom stereocenters. The van der Waals surface area contributed by atoms with E-state index in [-0.39, 0.29) is 24.7 Å². The lowest BCUT2D eigenvalue weighted by Crippen LogP contribution is -2.57. The van der Waals surface area contributed by atoms with E-state index in [4.69, 9.17) is 9.47 Å². The van der Waals surface area contributed by atoms with Crippen LogP contribution in [0.4, 0.5) is 4.79 Å². The number of amides is 4. The average molecular weight is 623 g/mol. The van der Waals surface area contributed by atoms with Crippen molar-refractivity contribution in [3.8, 4) is 0 Å². The molecule has 0 spiro atoms. The molecule has 2 aliphatic rings. The van der Waals surface area contributed by atoms with E-state index in [2.05, 4.69) is 21.3 Å². The molecule has 11 heteroatoms. The smallest absolute Gasteiger partial charge is 0.408 e. The molecule has 1 aliphatic heterocycles. The molecule has 4 N–H and O–H groups in total. The van der Waals surface area contributed by atoms with Crippen LogP contribution in [0.3, 0.4) is 0 Å². The first-order chi connectivity index (χ1) is 21.1. The maximum absolute atomic E-state index is 13.9. The van der Waals surface area contributed by atoms with E-state index in [0.717, 1.165) is 29.2 Å². The molecule has 45 heavy (non-hydrogen) atoms. The fourth-order valence-electron chi connectivity index (χ4n) is 5.84. The molecule has 2 aromatic rings. The molecule has 1 saturated carbocycles. The Bertz CT molecular complexity index is 1420. The number of hydrogen-bond donors (Lipinski definition) is 4. The molecule has 4 rings (SSSR count). The van der Waals surface area contributed by atoms with E-state index in [0.29, 0.717) is 12.8 Å². The molecule has 1 saturated heterocycles. The van der Waals surface area contributed by atoms with Gasteiger partial charge < -0.3 is 30.7 Å². The summed E-state index contributed by atoms with van der Waals surface area (Å²) < 4.78 is 10.4. The SMILES string of the molecule is COC(=O)[C@H](C[C@@H]1CC(C)(C)NC1=O)NC(=O)[C@H](CC1CC1)NC(=O)[C@H](Cc1cccc2ccccc12)NC(=O)OC(C)(C)C. The zero-order valence-electron chi connectivity index (χ0n) is 27.0. The first-order valence-corrected chi connectivity index (χ1v) is 15.6. The van der Waals surface area contributed by atoms with Gasteiger partial charge in [0, 0.05) is 17.9 Å². The van der Waals surface area contributed by atoms with Crippen LogP contribution in [0.1, 0.15) is 72.3 Å². The summed E-state index contributed by atoms with van der Waals surface area (Å²) in [6.07, 6.45) is 2.19. The van der Waals surface area contributed by atoms with E-state index < -0.39 is 59.1 Å². The molecule has 1 heterocycles. The molecular formula is C34H46N4O7. The van der Waals surface area contributed by atoms with Gasteiger partial charge in [-0.05, 0) is 76.1 Å². The van der Waals surface area contributed by atoms with Gasteiger partial charge in [0.15, 0.2) is 0 Å². The zero-order chi connectivity index (χ0) is 32.9. The minimum Gasteiger partial charge on any atom is -0.467 e. The molecule has 0 radical (unpaired) electrons. The topological polar surface area (TPSA) is 152 Å². The second kappa shape index (κ2) is 13.9. The van der Waals surface area contributed by atoms with Crippen molar-refractivity contribution >= 4 is 40.6 Å². The first-order valence-electron chi connectivity index (χ1n) is 15.6. The van der Waals surface area contributed by atoms with Gasteiger partial charge in [0.05, 0.1) is 7.11 Å². The Kier molecular flexibility index (Phi) is 10.4. The van der Waals surface area contributed by atoms with E-state index in [1.165, 1.54) is 7.11 Å². The molecule has 244 valence electrons. The monoisotopic (exact) mass is 622 g/mol. The van der Waals surface area contributed by atoms with Crippen LogP contribution in [0.5, 0.6) is 0 Å². The van der Waals surface area contributed by atoms with Gasteiger partial charge in [0.25, 0.3) is 0 Å². The molecular weight excluding hydrogens is 576 g/mol. The molecule has 2 fully saturated rings. The lowest BCUT2D eigenvalue weighted by molar-refractivity contribution is -0.146. The summed E-state index contributed by atoms with van der Waals surface area (Å²) in [6.45, 7) is 9.00. The number of carbonyl (C=O) groups is 5. The van der Waals surface area contributed by atoms with Gasteiger partial charge >= 0.3 is 12.1 Å². The third-order valence-electron chi connectivity index (χ3n) is 8.12. The summed E-state index contributed by atoms with van der Waals surface area (Å²) in [4.78, 5) is 65.7. The van der Waals surface area contributed by atoms with Crippen molar-refractivity contribution in [3.63, 3.8) is 0 Å². The number of ether oxygens (including phenoxy) is 2. The van der Waals surface area contributed by atoms with Gasteiger partial charge in [-0.15, -0.1) is 0 Å². The van der Waals surface area contributed by atoms with Crippen LogP contribution in [0, 0.1) is 11.8 Å². The highest BCUT2D eigenvalue weighted by molar-refractivity contribution is 5.94. The van der Waals surface area contributed by atoms with Crippen LogP contribution in [0.25, 0.3) is 10.8 Å². The van der Waals surface area contributed by atoms with E-state index >= 15 is 0 Å². The van der Waals surface area contributed by atoms with Gasteiger partial charge in [0.1, 0.15) is 23.7 Å². The summed E-state index contributed by atoms with van der Waals surface area (Å²) in [6, 6.07) is 10.4. The summed E-state index contributed by atoms with van der Waals surface area (Å²) in [5.74, 6) is -2.20. The third-order valence-corrected chi connectivity index (χ3v) is 8.12. The second-order valence-electron chi connectivity index (χ2n) is 13.9. The number of methoxy groups -OCH3 is 1. The quantitative estimate of drug-likeness (QED) is 0.264. The van der Waals surface area contributed by atoms with Crippen LogP contribution in [0.15, 0.2) is 42.5 Å². The Morgan fingerprint density at radius 3 is 2.18 bits per heavy atom. The first kappa shape index (κ1) is 33.7. The molecule has 4 atom stereocenters. The number of esters is 1. The predicted molar refractivity (Wildman–Crippen MR) is 169 cm³/mol. The number of rotatable bonds is 12.